The summed E-state index contributed by atoms with van der Waals surface area (Å²) in [4.78, 5) is 11.9. The number of amides is 1. The number of carbonyl (C=O) groups is 1. The normalized spacial score (nSPS) is 15.5. The van der Waals surface area contributed by atoms with Gasteiger partial charge in [0.05, 0.1) is 11.4 Å². The van der Waals surface area contributed by atoms with E-state index in [1.54, 1.807) is 22.8 Å². The van der Waals surface area contributed by atoms with Gasteiger partial charge in [0.15, 0.2) is 5.16 Å². The lowest BCUT2D eigenvalue weighted by atomic mass is 10.2. The number of hydrogen-bond donors (Lipinski definition) is 1. The van der Waals surface area contributed by atoms with Crippen LogP contribution in [0.15, 0.2) is 35.7 Å². The second-order valence-corrected chi connectivity index (χ2v) is 6.36. The predicted octanol–water partition coefficient (Wildman–Crippen LogP) is 2.41. The van der Waals surface area contributed by atoms with Crippen molar-refractivity contribution in [3.05, 3.63) is 36.4 Å². The van der Waals surface area contributed by atoms with Gasteiger partial charge in [-0.2, -0.15) is 0 Å². The molecule has 5 nitrogen and oxygen atoms in total. The summed E-state index contributed by atoms with van der Waals surface area (Å²) < 4.78 is 15.4. The summed E-state index contributed by atoms with van der Waals surface area (Å²) >= 11 is 1.25. The first-order valence-corrected chi connectivity index (χ1v) is 8.21. The summed E-state index contributed by atoms with van der Waals surface area (Å²) in [6.07, 6.45) is 3.83. The van der Waals surface area contributed by atoms with Crippen LogP contribution in [0.2, 0.25) is 0 Å². The second kappa shape index (κ2) is 6.48. The molecule has 1 N–H and O–H groups in total. The number of nitrogens with one attached hydrogen (secondary N) is 1. The van der Waals surface area contributed by atoms with E-state index in [0.717, 1.165) is 0 Å². The van der Waals surface area contributed by atoms with E-state index in [0.29, 0.717) is 16.8 Å². The van der Waals surface area contributed by atoms with Crippen molar-refractivity contribution >= 4 is 17.7 Å². The molecule has 1 fully saturated rings. The van der Waals surface area contributed by atoms with Crippen LogP contribution in [0.3, 0.4) is 0 Å². The number of hydrogen-bond acceptors (Lipinski definition) is 4. The van der Waals surface area contributed by atoms with E-state index in [1.807, 2.05) is 6.92 Å². The first kappa shape index (κ1) is 15.0. The predicted molar refractivity (Wildman–Crippen MR) is 82.4 cm³/mol. The zero-order valence-corrected chi connectivity index (χ0v) is 13.0. The van der Waals surface area contributed by atoms with Crippen molar-refractivity contribution in [2.75, 3.05) is 5.75 Å². The van der Waals surface area contributed by atoms with Crippen molar-refractivity contribution in [3.8, 4) is 5.69 Å². The van der Waals surface area contributed by atoms with Crippen molar-refractivity contribution in [1.82, 2.24) is 20.1 Å². The summed E-state index contributed by atoms with van der Waals surface area (Å²) in [6, 6.07) is 6.63. The summed E-state index contributed by atoms with van der Waals surface area (Å²) in [5.41, 5.74) is 0.377. The van der Waals surface area contributed by atoms with E-state index in [4.69, 9.17) is 0 Å². The van der Waals surface area contributed by atoms with Gasteiger partial charge in [-0.1, -0.05) is 23.9 Å². The monoisotopic (exact) mass is 320 g/mol. The molecule has 1 heterocycles. The van der Waals surface area contributed by atoms with Gasteiger partial charge in [0.25, 0.3) is 0 Å². The maximum Gasteiger partial charge on any atom is 0.230 e. The first-order chi connectivity index (χ1) is 10.6. The molecule has 1 atom stereocenters. The molecule has 1 amide bonds. The van der Waals surface area contributed by atoms with Crippen LogP contribution in [-0.2, 0) is 4.79 Å². The maximum absolute atomic E-state index is 13.8. The van der Waals surface area contributed by atoms with Gasteiger partial charge in [-0.15, -0.1) is 10.2 Å². The molecule has 0 aliphatic heterocycles. The van der Waals surface area contributed by atoms with Gasteiger partial charge in [-0.3, -0.25) is 9.36 Å². The van der Waals surface area contributed by atoms with Gasteiger partial charge in [0.1, 0.15) is 12.1 Å². The number of halogens is 1. The lowest BCUT2D eigenvalue weighted by Gasteiger charge is -2.12. The Hall–Kier alpha value is -1.89. The van der Waals surface area contributed by atoms with Crippen LogP contribution in [0.5, 0.6) is 0 Å². The molecule has 1 unspecified atom stereocenters. The molecule has 7 heteroatoms. The smallest absolute Gasteiger partial charge is 0.230 e. The molecule has 3 rings (SSSR count). The topological polar surface area (TPSA) is 59.8 Å². The van der Waals surface area contributed by atoms with Crippen LogP contribution in [0, 0.1) is 11.7 Å². The average molecular weight is 320 g/mol. The Bertz CT molecular complexity index is 671. The minimum absolute atomic E-state index is 0.0347. The van der Waals surface area contributed by atoms with E-state index >= 15 is 0 Å². The van der Waals surface area contributed by atoms with E-state index in [-0.39, 0.29) is 23.5 Å². The molecule has 0 bridgehead atoms. The van der Waals surface area contributed by atoms with Gasteiger partial charge in [0, 0.05) is 6.04 Å². The van der Waals surface area contributed by atoms with E-state index < -0.39 is 0 Å². The summed E-state index contributed by atoms with van der Waals surface area (Å²) in [5, 5.41) is 11.3. The Kier molecular flexibility index (Phi) is 4.42. The van der Waals surface area contributed by atoms with Gasteiger partial charge >= 0.3 is 0 Å². The summed E-state index contributed by atoms with van der Waals surface area (Å²) in [7, 11) is 0. The highest BCUT2D eigenvalue weighted by Crippen LogP contribution is 2.32. The number of para-hydroxylation sites is 1. The Morgan fingerprint density at radius 1 is 1.50 bits per heavy atom. The average Bonchev–Trinajstić information content (AvgIpc) is 3.25. The molecule has 1 aromatic carbocycles. The fraction of sp³-hybridized carbons (Fsp3) is 0.400. The fourth-order valence-corrected chi connectivity index (χ4v) is 3.01. The van der Waals surface area contributed by atoms with E-state index in [9.17, 15) is 9.18 Å². The highest BCUT2D eigenvalue weighted by molar-refractivity contribution is 7.99. The van der Waals surface area contributed by atoms with Crippen LogP contribution in [0.25, 0.3) is 5.69 Å². The number of nitrogens with zero attached hydrogens (tertiary/aromatic N) is 3. The van der Waals surface area contributed by atoms with Gasteiger partial charge < -0.3 is 5.32 Å². The number of thioether (sulfide) groups is 1. The minimum Gasteiger partial charge on any atom is -0.353 e. The molecule has 22 heavy (non-hydrogen) atoms. The molecule has 1 aliphatic rings. The van der Waals surface area contributed by atoms with Crippen molar-refractivity contribution in [3.63, 3.8) is 0 Å². The van der Waals surface area contributed by atoms with Gasteiger partial charge in [-0.25, -0.2) is 4.39 Å². The molecule has 1 aromatic heterocycles. The van der Waals surface area contributed by atoms with E-state index in [1.165, 1.54) is 37.0 Å². The van der Waals surface area contributed by atoms with Gasteiger partial charge in [-0.05, 0) is 37.8 Å². The lowest BCUT2D eigenvalue weighted by Crippen LogP contribution is -2.35. The third-order valence-corrected chi connectivity index (χ3v) is 4.62. The number of carbonyl (C=O) groups excluding carboxylic acids is 1. The van der Waals surface area contributed by atoms with Crippen molar-refractivity contribution in [1.29, 1.82) is 0 Å². The molecule has 1 saturated carbocycles. The molecule has 116 valence electrons. The Balaban J connectivity index is 1.63. The molecule has 2 aromatic rings. The number of rotatable bonds is 6. The van der Waals surface area contributed by atoms with Crippen LogP contribution in [0.4, 0.5) is 4.39 Å². The standard InChI is InChI=1S/C15H17FN4OS/c1-10(11-6-7-11)18-14(21)8-22-15-19-17-9-20(15)13-5-3-2-4-12(13)16/h2-5,9-11H,6-8H2,1H3,(H,18,21). The van der Waals surface area contributed by atoms with E-state index in [2.05, 4.69) is 15.5 Å². The van der Waals surface area contributed by atoms with Gasteiger partial charge in [0.2, 0.25) is 5.91 Å². The van der Waals surface area contributed by atoms with Crippen molar-refractivity contribution in [2.24, 2.45) is 5.92 Å². The minimum atomic E-state index is -0.351. The highest BCUT2D eigenvalue weighted by Gasteiger charge is 2.28. The van der Waals surface area contributed by atoms with Crippen molar-refractivity contribution < 1.29 is 9.18 Å². The maximum atomic E-state index is 13.8. The Morgan fingerprint density at radius 2 is 2.27 bits per heavy atom. The third kappa shape index (κ3) is 3.47. The van der Waals surface area contributed by atoms with Crippen molar-refractivity contribution in [2.45, 2.75) is 31.0 Å². The Labute approximate surface area is 132 Å². The van der Waals surface area contributed by atoms with Crippen LogP contribution in [-0.4, -0.2) is 32.5 Å². The largest absolute Gasteiger partial charge is 0.353 e. The van der Waals surface area contributed by atoms with Crippen LogP contribution >= 0.6 is 11.8 Å². The highest BCUT2D eigenvalue weighted by atomic mass is 32.2. The SMILES string of the molecule is CC(NC(=O)CSc1nncn1-c1ccccc1F)C1CC1. The third-order valence-electron chi connectivity index (χ3n) is 3.68. The molecule has 1 aliphatic carbocycles. The summed E-state index contributed by atoms with van der Waals surface area (Å²) in [6.45, 7) is 2.03. The number of aromatic nitrogens is 3. The quantitative estimate of drug-likeness (QED) is 0.831. The molecule has 0 spiro atoms. The summed E-state index contributed by atoms with van der Waals surface area (Å²) in [5.74, 6) is 0.476. The Morgan fingerprint density at radius 3 is 3.00 bits per heavy atom. The van der Waals surface area contributed by atoms with Crippen LogP contribution in [0.1, 0.15) is 19.8 Å². The molecule has 0 radical (unpaired) electrons. The molecular formula is C15H17FN4OS. The van der Waals surface area contributed by atoms with Crippen LogP contribution < -0.4 is 5.32 Å². The molecule has 0 saturated heterocycles. The first-order valence-electron chi connectivity index (χ1n) is 7.22. The second-order valence-electron chi connectivity index (χ2n) is 5.42. The molecular weight excluding hydrogens is 303 g/mol. The lowest BCUT2D eigenvalue weighted by molar-refractivity contribution is -0.119. The number of benzene rings is 1. The zero-order chi connectivity index (χ0) is 15.5. The fourth-order valence-electron chi connectivity index (χ4n) is 2.27. The zero-order valence-electron chi connectivity index (χ0n) is 12.2.